The van der Waals surface area contributed by atoms with Crippen LogP contribution in [0.4, 0.5) is 0 Å². The summed E-state index contributed by atoms with van der Waals surface area (Å²) >= 11 is 1.62. The van der Waals surface area contributed by atoms with Crippen LogP contribution in [0, 0.1) is 13.8 Å². The highest BCUT2D eigenvalue weighted by Crippen LogP contribution is 2.20. The van der Waals surface area contributed by atoms with Gasteiger partial charge in [0, 0.05) is 22.9 Å². The van der Waals surface area contributed by atoms with Crippen LogP contribution in [0.5, 0.6) is 0 Å². The third kappa shape index (κ3) is 5.16. The van der Waals surface area contributed by atoms with E-state index >= 15 is 0 Å². The van der Waals surface area contributed by atoms with Crippen LogP contribution in [0.3, 0.4) is 0 Å². The molecule has 98 valence electrons. The zero-order chi connectivity index (χ0) is 12.9. The molecule has 1 rings (SSSR count). The summed E-state index contributed by atoms with van der Waals surface area (Å²) in [5.41, 5.74) is 1.20. The molecule has 0 saturated carbocycles. The van der Waals surface area contributed by atoms with Crippen LogP contribution in [0.2, 0.25) is 0 Å². The van der Waals surface area contributed by atoms with Crippen LogP contribution >= 0.6 is 11.3 Å². The molecular formula is C11H19NO3S2. The van der Waals surface area contributed by atoms with Gasteiger partial charge in [0.2, 0.25) is 10.0 Å². The lowest BCUT2D eigenvalue weighted by molar-refractivity contribution is 0.287. The maximum Gasteiger partial charge on any atom is 0.211 e. The highest BCUT2D eigenvalue weighted by Gasteiger charge is 2.10. The van der Waals surface area contributed by atoms with Gasteiger partial charge in [0.1, 0.15) is 0 Å². The Hall–Kier alpha value is -0.430. The number of aliphatic hydroxyl groups is 1. The molecule has 0 aliphatic heterocycles. The van der Waals surface area contributed by atoms with Crippen molar-refractivity contribution in [3.8, 4) is 0 Å². The summed E-state index contributed by atoms with van der Waals surface area (Å²) in [6.45, 7) is 4.45. The van der Waals surface area contributed by atoms with Gasteiger partial charge >= 0.3 is 0 Å². The first-order valence-electron chi connectivity index (χ1n) is 5.59. The molecule has 1 aromatic heterocycles. The van der Waals surface area contributed by atoms with E-state index in [0.717, 1.165) is 4.88 Å². The predicted octanol–water partition coefficient (Wildman–Crippen LogP) is 1.56. The first-order valence-corrected chi connectivity index (χ1v) is 8.05. The quantitative estimate of drug-likeness (QED) is 0.743. The fraction of sp³-hybridized carbons (Fsp3) is 0.636. The number of thiophene rings is 1. The van der Waals surface area contributed by atoms with Gasteiger partial charge in [0.05, 0.1) is 5.75 Å². The second-order valence-electron chi connectivity index (χ2n) is 4.02. The van der Waals surface area contributed by atoms with Crippen molar-refractivity contribution in [2.45, 2.75) is 33.2 Å². The molecule has 0 atom stereocenters. The van der Waals surface area contributed by atoms with Gasteiger partial charge in [-0.3, -0.25) is 0 Å². The van der Waals surface area contributed by atoms with Crippen molar-refractivity contribution >= 4 is 21.4 Å². The first kappa shape index (κ1) is 14.6. The molecular weight excluding hydrogens is 258 g/mol. The van der Waals surface area contributed by atoms with Crippen molar-refractivity contribution in [1.29, 1.82) is 0 Å². The Morgan fingerprint density at radius 3 is 2.59 bits per heavy atom. The summed E-state index contributed by atoms with van der Waals surface area (Å²) in [5, 5.41) is 8.59. The number of aryl methyl sites for hydroxylation is 2. The standard InChI is InChI=1S/C11H19NO3S2/c1-9-7-11(16-10(9)2)8-12-17(14,15)6-4-3-5-13/h7,12-13H,3-6,8H2,1-2H3. The lowest BCUT2D eigenvalue weighted by Gasteiger charge is -2.04. The normalized spacial score (nSPS) is 11.9. The number of nitrogens with one attached hydrogen (secondary N) is 1. The largest absolute Gasteiger partial charge is 0.396 e. The fourth-order valence-electron chi connectivity index (χ4n) is 1.39. The van der Waals surface area contributed by atoms with E-state index in [0.29, 0.717) is 19.4 Å². The van der Waals surface area contributed by atoms with Crippen molar-refractivity contribution in [2.24, 2.45) is 0 Å². The van der Waals surface area contributed by atoms with Gasteiger partial charge in [0.15, 0.2) is 0 Å². The summed E-state index contributed by atoms with van der Waals surface area (Å²) in [6.07, 6.45) is 1.02. The van der Waals surface area contributed by atoms with E-state index < -0.39 is 10.0 Å². The Kier molecular flexibility index (Phi) is 5.58. The van der Waals surface area contributed by atoms with Crippen LogP contribution in [-0.4, -0.2) is 25.9 Å². The Bertz CT molecular complexity index is 432. The summed E-state index contributed by atoms with van der Waals surface area (Å²) in [4.78, 5) is 2.25. The Morgan fingerprint density at radius 2 is 2.06 bits per heavy atom. The number of rotatable bonds is 7. The van der Waals surface area contributed by atoms with Gasteiger partial charge in [-0.15, -0.1) is 11.3 Å². The first-order chi connectivity index (χ1) is 7.94. The highest BCUT2D eigenvalue weighted by molar-refractivity contribution is 7.89. The molecule has 0 aromatic carbocycles. The van der Waals surface area contributed by atoms with E-state index in [1.54, 1.807) is 11.3 Å². The van der Waals surface area contributed by atoms with E-state index in [1.807, 2.05) is 19.9 Å². The molecule has 0 unspecified atom stereocenters. The maximum atomic E-state index is 11.6. The van der Waals surface area contributed by atoms with Gasteiger partial charge in [-0.25, -0.2) is 13.1 Å². The van der Waals surface area contributed by atoms with Crippen LogP contribution in [0.1, 0.15) is 28.2 Å². The lowest BCUT2D eigenvalue weighted by Crippen LogP contribution is -2.25. The van der Waals surface area contributed by atoms with Gasteiger partial charge in [-0.2, -0.15) is 0 Å². The van der Waals surface area contributed by atoms with Crippen molar-refractivity contribution in [2.75, 3.05) is 12.4 Å². The summed E-state index contributed by atoms with van der Waals surface area (Å²) in [7, 11) is -3.21. The average Bonchev–Trinajstić information content (AvgIpc) is 2.56. The molecule has 17 heavy (non-hydrogen) atoms. The Morgan fingerprint density at radius 1 is 1.35 bits per heavy atom. The van der Waals surface area contributed by atoms with E-state index in [-0.39, 0.29) is 12.4 Å². The molecule has 4 nitrogen and oxygen atoms in total. The summed E-state index contributed by atoms with van der Waals surface area (Å²) in [6, 6.07) is 2.01. The van der Waals surface area contributed by atoms with Crippen molar-refractivity contribution in [3.63, 3.8) is 0 Å². The average molecular weight is 277 g/mol. The predicted molar refractivity (Wildman–Crippen MR) is 70.7 cm³/mol. The second kappa shape index (κ2) is 6.49. The molecule has 0 fully saturated rings. The Balaban J connectivity index is 2.44. The lowest BCUT2D eigenvalue weighted by atomic mass is 10.3. The number of unbranched alkanes of at least 4 members (excludes halogenated alkanes) is 1. The third-order valence-electron chi connectivity index (χ3n) is 2.50. The highest BCUT2D eigenvalue weighted by atomic mass is 32.2. The van der Waals surface area contributed by atoms with Crippen molar-refractivity contribution < 1.29 is 13.5 Å². The molecule has 1 heterocycles. The Labute approximate surface area is 107 Å². The summed E-state index contributed by atoms with van der Waals surface area (Å²) in [5.74, 6) is 0.0803. The molecule has 0 amide bonds. The minimum atomic E-state index is -3.21. The number of sulfonamides is 1. The van der Waals surface area contributed by atoms with E-state index in [9.17, 15) is 8.42 Å². The topological polar surface area (TPSA) is 66.4 Å². The molecule has 2 N–H and O–H groups in total. The molecule has 6 heteroatoms. The molecule has 0 aliphatic rings. The minimum Gasteiger partial charge on any atom is -0.396 e. The molecule has 0 saturated heterocycles. The number of aliphatic hydroxyl groups excluding tert-OH is 1. The zero-order valence-corrected chi connectivity index (χ0v) is 11.8. The third-order valence-corrected chi connectivity index (χ3v) is 5.07. The van der Waals surface area contributed by atoms with Crippen LogP contribution in [0.25, 0.3) is 0 Å². The second-order valence-corrected chi connectivity index (χ2v) is 7.29. The fourth-order valence-corrected chi connectivity index (χ4v) is 3.58. The molecule has 0 aliphatic carbocycles. The van der Waals surface area contributed by atoms with Crippen molar-refractivity contribution in [1.82, 2.24) is 4.72 Å². The van der Waals surface area contributed by atoms with Crippen molar-refractivity contribution in [3.05, 3.63) is 21.4 Å². The number of hydrogen-bond donors (Lipinski definition) is 2. The SMILES string of the molecule is Cc1cc(CNS(=O)(=O)CCCCO)sc1C. The zero-order valence-electron chi connectivity index (χ0n) is 10.2. The van der Waals surface area contributed by atoms with E-state index in [4.69, 9.17) is 5.11 Å². The number of hydrogen-bond acceptors (Lipinski definition) is 4. The van der Waals surface area contributed by atoms with Crippen LogP contribution in [-0.2, 0) is 16.6 Å². The van der Waals surface area contributed by atoms with Crippen LogP contribution < -0.4 is 4.72 Å². The van der Waals surface area contributed by atoms with Gasteiger partial charge < -0.3 is 5.11 Å². The molecule has 1 aromatic rings. The van der Waals surface area contributed by atoms with Crippen LogP contribution in [0.15, 0.2) is 6.07 Å². The summed E-state index contributed by atoms with van der Waals surface area (Å²) < 4.78 is 25.7. The monoisotopic (exact) mass is 277 g/mol. The van der Waals surface area contributed by atoms with Gasteiger partial charge in [0.25, 0.3) is 0 Å². The molecule has 0 bridgehead atoms. The van der Waals surface area contributed by atoms with E-state index in [1.165, 1.54) is 10.4 Å². The van der Waals surface area contributed by atoms with E-state index in [2.05, 4.69) is 4.72 Å². The molecule has 0 spiro atoms. The maximum absolute atomic E-state index is 11.6. The smallest absolute Gasteiger partial charge is 0.211 e. The molecule has 0 radical (unpaired) electrons. The van der Waals surface area contributed by atoms with Gasteiger partial charge in [-0.1, -0.05) is 0 Å². The minimum absolute atomic E-state index is 0.0405. The van der Waals surface area contributed by atoms with Gasteiger partial charge in [-0.05, 0) is 38.3 Å².